The number of rotatable bonds is 6. The zero-order valence-electron chi connectivity index (χ0n) is 9.93. The van der Waals surface area contributed by atoms with Crippen LogP contribution in [0.25, 0.3) is 0 Å². The van der Waals surface area contributed by atoms with Crippen molar-refractivity contribution in [3.63, 3.8) is 0 Å². The summed E-state index contributed by atoms with van der Waals surface area (Å²) in [7, 11) is 1.45. The van der Waals surface area contributed by atoms with Crippen LogP contribution in [0, 0.1) is 5.92 Å². The average molecular weight is 214 g/mol. The van der Waals surface area contributed by atoms with E-state index in [0.29, 0.717) is 12.5 Å². The summed E-state index contributed by atoms with van der Waals surface area (Å²) >= 11 is 0. The fourth-order valence-electron chi connectivity index (χ4n) is 1.37. The van der Waals surface area contributed by atoms with E-state index in [1.165, 1.54) is 19.9 Å². The molecule has 0 radical (unpaired) electrons. The van der Waals surface area contributed by atoms with Crippen molar-refractivity contribution in [3.05, 3.63) is 0 Å². The van der Waals surface area contributed by atoms with Gasteiger partial charge < -0.3 is 10.6 Å². The molecule has 2 N–H and O–H groups in total. The third-order valence-corrected chi connectivity index (χ3v) is 2.53. The minimum absolute atomic E-state index is 0.485. The third kappa shape index (κ3) is 6.10. The molecular weight excluding hydrogens is 192 g/mol. The highest BCUT2D eigenvalue weighted by Crippen LogP contribution is 2.10. The third-order valence-electron chi connectivity index (χ3n) is 2.53. The molecule has 0 saturated heterocycles. The zero-order chi connectivity index (χ0) is 11.7. The van der Waals surface area contributed by atoms with Gasteiger partial charge in [0.05, 0.1) is 0 Å². The van der Waals surface area contributed by atoms with Crippen LogP contribution in [-0.4, -0.2) is 25.4 Å². The van der Waals surface area contributed by atoms with Gasteiger partial charge in [-0.2, -0.15) is 0 Å². The Labute approximate surface area is 91.8 Å². The quantitative estimate of drug-likeness (QED) is 0.650. The van der Waals surface area contributed by atoms with Gasteiger partial charge in [0, 0.05) is 13.6 Å². The zero-order valence-corrected chi connectivity index (χ0v) is 9.93. The summed E-state index contributed by atoms with van der Waals surface area (Å²) in [5, 5.41) is 4.94. The Balaban J connectivity index is 3.79. The molecule has 4 heteroatoms. The first-order chi connectivity index (χ1) is 7.15. The number of nitrogens with one attached hydrogen (secondary N) is 2. The highest BCUT2D eigenvalue weighted by atomic mass is 16.2. The van der Waals surface area contributed by atoms with Gasteiger partial charge in [0.2, 0.25) is 0 Å². The van der Waals surface area contributed by atoms with Crippen LogP contribution < -0.4 is 10.6 Å². The van der Waals surface area contributed by atoms with E-state index in [1.54, 1.807) is 0 Å². The van der Waals surface area contributed by atoms with Gasteiger partial charge in [0.25, 0.3) is 0 Å². The summed E-state index contributed by atoms with van der Waals surface area (Å²) in [6.07, 6.45) is 4.49. The molecule has 15 heavy (non-hydrogen) atoms. The van der Waals surface area contributed by atoms with E-state index >= 15 is 0 Å². The summed E-state index contributed by atoms with van der Waals surface area (Å²) in [4.78, 5) is 22.0. The van der Waals surface area contributed by atoms with E-state index in [9.17, 15) is 9.59 Å². The minimum Gasteiger partial charge on any atom is -0.351 e. The average Bonchev–Trinajstić information content (AvgIpc) is 2.27. The van der Waals surface area contributed by atoms with Gasteiger partial charge in [-0.1, -0.05) is 33.1 Å². The molecule has 0 rings (SSSR count). The molecule has 0 aliphatic rings. The molecular formula is C11H22N2O2. The van der Waals surface area contributed by atoms with Crippen molar-refractivity contribution in [2.45, 2.75) is 39.5 Å². The van der Waals surface area contributed by atoms with Crippen LogP contribution in [-0.2, 0) is 9.59 Å². The van der Waals surface area contributed by atoms with Gasteiger partial charge in [0.1, 0.15) is 0 Å². The maximum absolute atomic E-state index is 11.1. The highest BCUT2D eigenvalue weighted by Gasteiger charge is 2.13. The fourth-order valence-corrected chi connectivity index (χ4v) is 1.37. The van der Waals surface area contributed by atoms with Crippen molar-refractivity contribution in [2.24, 2.45) is 5.92 Å². The topological polar surface area (TPSA) is 58.2 Å². The van der Waals surface area contributed by atoms with E-state index < -0.39 is 11.8 Å². The smallest absolute Gasteiger partial charge is 0.309 e. The largest absolute Gasteiger partial charge is 0.351 e. The molecule has 0 aliphatic heterocycles. The first-order valence-electron chi connectivity index (χ1n) is 5.65. The first kappa shape index (κ1) is 13.9. The molecule has 0 bridgehead atoms. The van der Waals surface area contributed by atoms with Crippen LogP contribution in [0.3, 0.4) is 0 Å². The lowest BCUT2D eigenvalue weighted by atomic mass is 9.99. The maximum Gasteiger partial charge on any atom is 0.309 e. The molecule has 0 saturated carbocycles. The predicted octanol–water partition coefficient (Wildman–Crippen LogP) is 1.06. The lowest BCUT2D eigenvalue weighted by Crippen LogP contribution is -2.40. The minimum atomic E-state index is -0.569. The number of carbonyl (C=O) groups excluding carboxylic acids is 2. The normalized spacial score (nSPS) is 11.9. The Kier molecular flexibility index (Phi) is 7.68. The molecule has 0 fully saturated rings. The van der Waals surface area contributed by atoms with Crippen molar-refractivity contribution in [2.75, 3.05) is 13.6 Å². The van der Waals surface area contributed by atoms with Crippen LogP contribution in [0.5, 0.6) is 0 Å². The number of amides is 2. The van der Waals surface area contributed by atoms with Crippen LogP contribution >= 0.6 is 0 Å². The van der Waals surface area contributed by atoms with E-state index in [2.05, 4.69) is 24.5 Å². The van der Waals surface area contributed by atoms with Crippen molar-refractivity contribution in [1.29, 1.82) is 0 Å². The maximum atomic E-state index is 11.1. The van der Waals surface area contributed by atoms with Crippen molar-refractivity contribution < 1.29 is 9.59 Å². The summed E-state index contributed by atoms with van der Waals surface area (Å²) in [5.41, 5.74) is 0. The summed E-state index contributed by atoms with van der Waals surface area (Å²) in [6.45, 7) is 4.85. The molecule has 1 atom stereocenters. The number of hydrogen-bond donors (Lipinski definition) is 2. The highest BCUT2D eigenvalue weighted by molar-refractivity contribution is 6.34. The molecule has 88 valence electrons. The van der Waals surface area contributed by atoms with Crippen LogP contribution in [0.1, 0.15) is 39.5 Å². The summed E-state index contributed by atoms with van der Waals surface area (Å²) in [5.74, 6) is -0.619. The Bertz CT molecular complexity index is 205. The predicted molar refractivity (Wildman–Crippen MR) is 60.4 cm³/mol. The fraction of sp³-hybridized carbons (Fsp3) is 0.818. The second kappa shape index (κ2) is 8.26. The molecule has 0 aromatic carbocycles. The van der Waals surface area contributed by atoms with Gasteiger partial charge in [0.15, 0.2) is 0 Å². The molecule has 0 spiro atoms. The van der Waals surface area contributed by atoms with E-state index in [1.807, 2.05) is 0 Å². The second-order valence-electron chi connectivity index (χ2n) is 3.71. The molecule has 0 aromatic rings. The number of unbranched alkanes of at least 4 members (excludes halogenated alkanes) is 1. The number of likely N-dealkylation sites (N-methyl/N-ethyl adjacent to an activating group) is 1. The van der Waals surface area contributed by atoms with Crippen molar-refractivity contribution in [1.82, 2.24) is 10.6 Å². The van der Waals surface area contributed by atoms with Gasteiger partial charge in [-0.25, -0.2) is 0 Å². The van der Waals surface area contributed by atoms with Crippen LogP contribution in [0.15, 0.2) is 0 Å². The van der Waals surface area contributed by atoms with Gasteiger partial charge >= 0.3 is 11.8 Å². The van der Waals surface area contributed by atoms with Crippen molar-refractivity contribution >= 4 is 11.8 Å². The van der Waals surface area contributed by atoms with Crippen molar-refractivity contribution in [3.8, 4) is 0 Å². The summed E-state index contributed by atoms with van der Waals surface area (Å²) < 4.78 is 0. The molecule has 0 aromatic heterocycles. The van der Waals surface area contributed by atoms with E-state index in [4.69, 9.17) is 0 Å². The molecule has 0 aliphatic carbocycles. The Hall–Kier alpha value is -1.06. The molecule has 0 heterocycles. The number of carbonyl (C=O) groups is 2. The van der Waals surface area contributed by atoms with Crippen LogP contribution in [0.2, 0.25) is 0 Å². The SMILES string of the molecule is CCCCC(CC)CNC(=O)C(=O)NC. The lowest BCUT2D eigenvalue weighted by molar-refractivity contribution is -0.139. The van der Waals surface area contributed by atoms with Crippen LogP contribution in [0.4, 0.5) is 0 Å². The second-order valence-corrected chi connectivity index (χ2v) is 3.71. The Morgan fingerprint density at radius 2 is 1.87 bits per heavy atom. The van der Waals surface area contributed by atoms with Gasteiger partial charge in [-0.05, 0) is 12.3 Å². The molecule has 1 unspecified atom stereocenters. The van der Waals surface area contributed by atoms with Gasteiger partial charge in [-0.3, -0.25) is 9.59 Å². The molecule has 4 nitrogen and oxygen atoms in total. The first-order valence-corrected chi connectivity index (χ1v) is 5.65. The number of hydrogen-bond acceptors (Lipinski definition) is 2. The Morgan fingerprint density at radius 3 is 2.33 bits per heavy atom. The molecule has 2 amide bonds. The monoisotopic (exact) mass is 214 g/mol. The lowest BCUT2D eigenvalue weighted by Gasteiger charge is -2.14. The summed E-state index contributed by atoms with van der Waals surface area (Å²) in [6, 6.07) is 0. The standard InChI is InChI=1S/C11H22N2O2/c1-4-6-7-9(5-2)8-13-11(15)10(14)12-3/h9H,4-8H2,1-3H3,(H,12,14)(H,13,15). The van der Waals surface area contributed by atoms with Gasteiger partial charge in [-0.15, -0.1) is 0 Å². The Morgan fingerprint density at radius 1 is 1.20 bits per heavy atom. The van der Waals surface area contributed by atoms with E-state index in [-0.39, 0.29) is 0 Å². The van der Waals surface area contributed by atoms with E-state index in [0.717, 1.165) is 12.8 Å².